The van der Waals surface area contributed by atoms with Crippen LogP contribution in [0.1, 0.15) is 0 Å². The molecule has 1 aliphatic rings. The molecule has 1 N–H and O–H groups in total. The highest BCUT2D eigenvalue weighted by Gasteiger charge is 2.18. The molecule has 5 rings (SSSR count). The summed E-state index contributed by atoms with van der Waals surface area (Å²) >= 11 is 3.73. The number of fused-ring (bicyclic) bond motifs is 1. The van der Waals surface area contributed by atoms with E-state index < -0.39 is 0 Å². The summed E-state index contributed by atoms with van der Waals surface area (Å²) in [6.07, 6.45) is 1.81. The lowest BCUT2D eigenvalue weighted by Gasteiger charge is -2.26. The molecule has 6 heteroatoms. The van der Waals surface area contributed by atoms with Crippen LogP contribution in [0.15, 0.2) is 71.3 Å². The number of ether oxygens (including phenoxy) is 2. The van der Waals surface area contributed by atoms with Crippen LogP contribution in [0.5, 0.6) is 5.75 Å². The summed E-state index contributed by atoms with van der Waals surface area (Å²) in [7, 11) is 0. The van der Waals surface area contributed by atoms with Gasteiger partial charge in [-0.25, -0.2) is 4.98 Å². The number of hydrogen-bond donors (Lipinski definition) is 1. The highest BCUT2D eigenvalue weighted by molar-refractivity contribution is 9.10. The van der Waals surface area contributed by atoms with Crippen molar-refractivity contribution in [2.45, 2.75) is 0 Å². The fourth-order valence-corrected chi connectivity index (χ4v) is 4.55. The molecule has 0 radical (unpaired) electrons. The smallest absolute Gasteiger partial charge is 0.139 e. The van der Waals surface area contributed by atoms with Gasteiger partial charge in [0.15, 0.2) is 0 Å². The van der Waals surface area contributed by atoms with Gasteiger partial charge in [-0.2, -0.15) is 0 Å². The molecular formula is C25H24BrN3O2. The topological polar surface area (TPSA) is 50.4 Å². The Morgan fingerprint density at radius 3 is 2.65 bits per heavy atom. The molecule has 4 aromatic rings. The lowest BCUT2D eigenvalue weighted by atomic mass is 9.99. The van der Waals surface area contributed by atoms with E-state index in [1.165, 1.54) is 0 Å². The van der Waals surface area contributed by atoms with Gasteiger partial charge in [-0.1, -0.05) is 42.5 Å². The quantitative estimate of drug-likeness (QED) is 0.405. The second-order valence-electron chi connectivity index (χ2n) is 7.59. The van der Waals surface area contributed by atoms with E-state index in [4.69, 9.17) is 9.47 Å². The van der Waals surface area contributed by atoms with E-state index in [9.17, 15) is 0 Å². The average Bonchev–Trinajstić information content (AvgIpc) is 3.22. The largest absolute Gasteiger partial charge is 0.492 e. The number of aromatic nitrogens is 2. The second kappa shape index (κ2) is 9.22. The molecule has 0 bridgehead atoms. The maximum absolute atomic E-state index is 6.12. The van der Waals surface area contributed by atoms with Gasteiger partial charge in [-0.05, 0) is 45.3 Å². The summed E-state index contributed by atoms with van der Waals surface area (Å²) in [5.41, 5.74) is 5.27. The minimum absolute atomic E-state index is 0.661. The van der Waals surface area contributed by atoms with E-state index in [1.807, 2.05) is 24.4 Å². The summed E-state index contributed by atoms with van der Waals surface area (Å²) in [4.78, 5) is 10.5. The van der Waals surface area contributed by atoms with Gasteiger partial charge >= 0.3 is 0 Å². The Bertz CT molecular complexity index is 1170. The van der Waals surface area contributed by atoms with Crippen LogP contribution < -0.4 is 4.74 Å². The fourth-order valence-electron chi connectivity index (χ4n) is 4.05. The first-order valence-corrected chi connectivity index (χ1v) is 11.3. The van der Waals surface area contributed by atoms with Gasteiger partial charge in [0.2, 0.25) is 0 Å². The third-order valence-corrected chi connectivity index (χ3v) is 6.27. The third kappa shape index (κ3) is 4.37. The van der Waals surface area contributed by atoms with Crippen molar-refractivity contribution in [3.8, 4) is 28.1 Å². The SMILES string of the molecule is Brc1ccnc2[nH]c(-c3ccccc3)c(-c3cccc(OCCN4CCOCC4)c3)c12. The van der Waals surface area contributed by atoms with Gasteiger partial charge in [0.05, 0.1) is 18.9 Å². The molecule has 1 aliphatic heterocycles. The van der Waals surface area contributed by atoms with Crippen LogP contribution >= 0.6 is 15.9 Å². The normalized spacial score (nSPS) is 14.7. The lowest BCUT2D eigenvalue weighted by Crippen LogP contribution is -2.38. The first-order valence-electron chi connectivity index (χ1n) is 10.5. The third-order valence-electron chi connectivity index (χ3n) is 5.61. The Morgan fingerprint density at radius 2 is 1.81 bits per heavy atom. The molecule has 2 aromatic heterocycles. The van der Waals surface area contributed by atoms with Crippen LogP contribution in [0, 0.1) is 0 Å². The molecule has 0 atom stereocenters. The van der Waals surface area contributed by atoms with E-state index >= 15 is 0 Å². The lowest BCUT2D eigenvalue weighted by molar-refractivity contribution is 0.0322. The summed E-state index contributed by atoms with van der Waals surface area (Å²) in [6, 6.07) is 20.7. The molecule has 0 aliphatic carbocycles. The number of pyridine rings is 1. The van der Waals surface area contributed by atoms with Gasteiger partial charge in [-0.15, -0.1) is 0 Å². The molecule has 5 nitrogen and oxygen atoms in total. The van der Waals surface area contributed by atoms with E-state index in [2.05, 4.69) is 73.3 Å². The van der Waals surface area contributed by atoms with Crippen molar-refractivity contribution < 1.29 is 9.47 Å². The maximum Gasteiger partial charge on any atom is 0.139 e. The van der Waals surface area contributed by atoms with E-state index in [-0.39, 0.29) is 0 Å². The Labute approximate surface area is 190 Å². The highest BCUT2D eigenvalue weighted by Crippen LogP contribution is 2.41. The predicted octanol–water partition coefficient (Wildman–Crippen LogP) is 5.37. The monoisotopic (exact) mass is 477 g/mol. The maximum atomic E-state index is 6.12. The zero-order valence-electron chi connectivity index (χ0n) is 17.2. The predicted molar refractivity (Wildman–Crippen MR) is 127 cm³/mol. The minimum Gasteiger partial charge on any atom is -0.492 e. The number of nitrogens with one attached hydrogen (secondary N) is 1. The summed E-state index contributed by atoms with van der Waals surface area (Å²) in [5, 5.41) is 1.08. The van der Waals surface area contributed by atoms with Crippen LogP contribution in [0.4, 0.5) is 0 Å². The summed E-state index contributed by atoms with van der Waals surface area (Å²) in [5.74, 6) is 0.874. The van der Waals surface area contributed by atoms with E-state index in [0.29, 0.717) is 6.61 Å². The first-order chi connectivity index (χ1) is 15.3. The van der Waals surface area contributed by atoms with Crippen molar-refractivity contribution in [2.75, 3.05) is 39.5 Å². The molecule has 0 spiro atoms. The van der Waals surface area contributed by atoms with Crippen LogP contribution in [-0.2, 0) is 4.74 Å². The molecule has 1 saturated heterocycles. The Hall–Kier alpha value is -2.67. The zero-order valence-corrected chi connectivity index (χ0v) is 18.8. The number of benzene rings is 2. The first kappa shape index (κ1) is 20.2. The van der Waals surface area contributed by atoms with E-state index in [0.717, 1.165) is 76.5 Å². The highest BCUT2D eigenvalue weighted by atomic mass is 79.9. The molecule has 3 heterocycles. The van der Waals surface area contributed by atoms with E-state index in [1.54, 1.807) is 0 Å². The van der Waals surface area contributed by atoms with Gasteiger partial charge < -0.3 is 14.5 Å². The standard InChI is InChI=1S/C25H24BrN3O2/c26-21-9-10-27-25-23(21)22(24(28-25)18-5-2-1-3-6-18)19-7-4-8-20(17-19)31-16-13-29-11-14-30-15-12-29/h1-10,17H,11-16H2,(H,27,28). The van der Waals surface area contributed by atoms with Crippen LogP contribution in [-0.4, -0.2) is 54.3 Å². The second-order valence-corrected chi connectivity index (χ2v) is 8.44. The molecule has 158 valence electrons. The van der Waals surface area contributed by atoms with Gasteiger partial charge in [0, 0.05) is 41.3 Å². The van der Waals surface area contributed by atoms with Crippen molar-refractivity contribution in [2.24, 2.45) is 0 Å². The van der Waals surface area contributed by atoms with Crippen molar-refractivity contribution in [1.29, 1.82) is 0 Å². The van der Waals surface area contributed by atoms with Crippen molar-refractivity contribution in [3.05, 3.63) is 71.3 Å². The van der Waals surface area contributed by atoms with Gasteiger partial charge in [0.1, 0.15) is 18.0 Å². The molecular weight excluding hydrogens is 454 g/mol. The van der Waals surface area contributed by atoms with Crippen LogP contribution in [0.3, 0.4) is 0 Å². The molecule has 0 saturated carbocycles. The molecule has 31 heavy (non-hydrogen) atoms. The average molecular weight is 478 g/mol. The van der Waals surface area contributed by atoms with Crippen LogP contribution in [0.25, 0.3) is 33.4 Å². The van der Waals surface area contributed by atoms with Gasteiger partial charge in [-0.3, -0.25) is 4.90 Å². The van der Waals surface area contributed by atoms with Crippen molar-refractivity contribution in [3.63, 3.8) is 0 Å². The summed E-state index contributed by atoms with van der Waals surface area (Å²) < 4.78 is 12.6. The molecule has 0 amide bonds. The molecule has 2 aromatic carbocycles. The Morgan fingerprint density at radius 1 is 1.00 bits per heavy atom. The van der Waals surface area contributed by atoms with Crippen LogP contribution in [0.2, 0.25) is 0 Å². The molecule has 0 unspecified atom stereocenters. The number of nitrogens with zero attached hydrogens (tertiary/aromatic N) is 2. The Balaban J connectivity index is 1.48. The number of morpholine rings is 1. The van der Waals surface area contributed by atoms with Crippen molar-refractivity contribution in [1.82, 2.24) is 14.9 Å². The number of halogens is 1. The fraction of sp³-hybridized carbons (Fsp3) is 0.240. The summed E-state index contributed by atoms with van der Waals surface area (Å²) in [6.45, 7) is 5.13. The minimum atomic E-state index is 0.661. The molecule has 1 fully saturated rings. The zero-order chi connectivity index (χ0) is 21.0. The Kier molecular flexibility index (Phi) is 6.02. The number of H-pyrrole nitrogens is 1. The van der Waals surface area contributed by atoms with Gasteiger partial charge in [0.25, 0.3) is 0 Å². The number of aromatic amines is 1. The number of rotatable bonds is 6. The van der Waals surface area contributed by atoms with Crippen molar-refractivity contribution >= 4 is 27.0 Å². The number of hydrogen-bond acceptors (Lipinski definition) is 4.